The molecule has 0 saturated carbocycles. The lowest BCUT2D eigenvalue weighted by Gasteiger charge is -2.23. The number of nitrogens with zero attached hydrogens (tertiary/aromatic N) is 2. The first-order valence-corrected chi connectivity index (χ1v) is 6.07. The maximum atomic E-state index is 12.3. The molecule has 0 aliphatic carbocycles. The molecule has 3 nitrogen and oxygen atoms in total. The molecule has 1 aliphatic heterocycles. The molecule has 1 unspecified atom stereocenters. The standard InChI is InChI=1S/C14H16N2O/c1-2-13-7-4-8-16(13)14(17)12-6-3-5-11(9-12)10-15/h3,5-6,9,13H,2,4,7-8H2,1H3. The highest BCUT2D eigenvalue weighted by atomic mass is 16.2. The number of hydrogen-bond acceptors (Lipinski definition) is 2. The molecule has 0 aromatic heterocycles. The Kier molecular flexibility index (Phi) is 3.43. The molecule has 1 amide bonds. The molecule has 0 N–H and O–H groups in total. The molecule has 1 fully saturated rings. The first-order valence-electron chi connectivity index (χ1n) is 6.07. The maximum Gasteiger partial charge on any atom is 0.254 e. The summed E-state index contributed by atoms with van der Waals surface area (Å²) < 4.78 is 0. The van der Waals surface area contributed by atoms with Gasteiger partial charge in [-0.05, 0) is 37.5 Å². The van der Waals surface area contributed by atoms with Crippen LogP contribution in [0.4, 0.5) is 0 Å². The zero-order valence-corrected chi connectivity index (χ0v) is 10.0. The van der Waals surface area contributed by atoms with Crippen LogP contribution in [0.15, 0.2) is 24.3 Å². The molecule has 0 bridgehead atoms. The summed E-state index contributed by atoms with van der Waals surface area (Å²) in [6, 6.07) is 9.38. The molecule has 17 heavy (non-hydrogen) atoms. The number of amides is 1. The van der Waals surface area contributed by atoms with Crippen molar-refractivity contribution in [2.45, 2.75) is 32.2 Å². The second-order valence-electron chi connectivity index (χ2n) is 4.40. The van der Waals surface area contributed by atoms with Crippen LogP contribution < -0.4 is 0 Å². The summed E-state index contributed by atoms with van der Waals surface area (Å²) in [5.74, 6) is 0.0615. The average Bonchev–Trinajstić information content (AvgIpc) is 2.86. The Balaban J connectivity index is 2.22. The fraction of sp³-hybridized carbons (Fsp3) is 0.429. The molecule has 3 heteroatoms. The minimum absolute atomic E-state index is 0.0615. The van der Waals surface area contributed by atoms with Gasteiger partial charge < -0.3 is 4.90 Å². The van der Waals surface area contributed by atoms with Gasteiger partial charge in [0.15, 0.2) is 0 Å². The van der Waals surface area contributed by atoms with Crippen LogP contribution in [0.5, 0.6) is 0 Å². The smallest absolute Gasteiger partial charge is 0.254 e. The maximum absolute atomic E-state index is 12.3. The summed E-state index contributed by atoms with van der Waals surface area (Å²) in [4.78, 5) is 14.2. The van der Waals surface area contributed by atoms with E-state index in [-0.39, 0.29) is 5.91 Å². The molecule has 88 valence electrons. The predicted octanol–water partition coefficient (Wildman–Crippen LogP) is 2.57. The van der Waals surface area contributed by atoms with Crippen molar-refractivity contribution in [3.05, 3.63) is 35.4 Å². The number of carbonyl (C=O) groups is 1. The predicted molar refractivity (Wildman–Crippen MR) is 65.5 cm³/mol. The van der Waals surface area contributed by atoms with Crippen LogP contribution in [-0.2, 0) is 0 Å². The SMILES string of the molecule is CCC1CCCN1C(=O)c1cccc(C#N)c1. The number of carbonyl (C=O) groups excluding carboxylic acids is 1. The normalized spacial score (nSPS) is 19.1. The van der Waals surface area contributed by atoms with Gasteiger partial charge in [-0.3, -0.25) is 4.79 Å². The van der Waals surface area contributed by atoms with Crippen LogP contribution in [0.25, 0.3) is 0 Å². The molecule has 1 atom stereocenters. The van der Waals surface area contributed by atoms with Crippen molar-refractivity contribution < 1.29 is 4.79 Å². The first-order chi connectivity index (χ1) is 8.26. The largest absolute Gasteiger partial charge is 0.336 e. The lowest BCUT2D eigenvalue weighted by atomic mass is 10.1. The number of likely N-dealkylation sites (tertiary alicyclic amines) is 1. The molecule has 0 spiro atoms. The van der Waals surface area contributed by atoms with Crippen molar-refractivity contribution >= 4 is 5.91 Å². The van der Waals surface area contributed by atoms with E-state index in [0.29, 0.717) is 17.2 Å². The molecular formula is C14H16N2O. The van der Waals surface area contributed by atoms with Crippen LogP contribution in [0.2, 0.25) is 0 Å². The molecule has 1 aromatic carbocycles. The van der Waals surface area contributed by atoms with E-state index < -0.39 is 0 Å². The van der Waals surface area contributed by atoms with E-state index in [1.165, 1.54) is 0 Å². The van der Waals surface area contributed by atoms with Gasteiger partial charge in [0.25, 0.3) is 5.91 Å². The molecule has 2 rings (SSSR count). The third-order valence-corrected chi connectivity index (χ3v) is 3.35. The van der Waals surface area contributed by atoms with Gasteiger partial charge in [-0.2, -0.15) is 5.26 Å². The van der Waals surface area contributed by atoms with Gasteiger partial charge >= 0.3 is 0 Å². The van der Waals surface area contributed by atoms with Gasteiger partial charge in [0.1, 0.15) is 0 Å². The summed E-state index contributed by atoms with van der Waals surface area (Å²) in [5, 5.41) is 8.83. The van der Waals surface area contributed by atoms with E-state index in [1.807, 2.05) is 4.90 Å². The Morgan fingerprint density at radius 1 is 1.59 bits per heavy atom. The van der Waals surface area contributed by atoms with Crippen LogP contribution >= 0.6 is 0 Å². The Hall–Kier alpha value is -1.82. The zero-order chi connectivity index (χ0) is 12.3. The van der Waals surface area contributed by atoms with Gasteiger partial charge in [0, 0.05) is 18.2 Å². The van der Waals surface area contributed by atoms with Crippen LogP contribution in [0, 0.1) is 11.3 Å². The highest BCUT2D eigenvalue weighted by Gasteiger charge is 2.27. The molecule has 1 aromatic rings. The Morgan fingerprint density at radius 2 is 2.41 bits per heavy atom. The van der Waals surface area contributed by atoms with Crippen molar-refractivity contribution in [2.75, 3.05) is 6.54 Å². The van der Waals surface area contributed by atoms with Crippen LogP contribution in [0.3, 0.4) is 0 Å². The van der Waals surface area contributed by atoms with Crippen molar-refractivity contribution in [1.82, 2.24) is 4.90 Å². The van der Waals surface area contributed by atoms with Gasteiger partial charge in [-0.15, -0.1) is 0 Å². The van der Waals surface area contributed by atoms with E-state index in [2.05, 4.69) is 13.0 Å². The van der Waals surface area contributed by atoms with E-state index in [9.17, 15) is 4.79 Å². The average molecular weight is 228 g/mol. The van der Waals surface area contributed by atoms with E-state index in [1.54, 1.807) is 24.3 Å². The second-order valence-corrected chi connectivity index (χ2v) is 4.40. The van der Waals surface area contributed by atoms with Gasteiger partial charge in [0.05, 0.1) is 11.6 Å². The Morgan fingerprint density at radius 3 is 3.12 bits per heavy atom. The molecule has 1 aliphatic rings. The van der Waals surface area contributed by atoms with Crippen molar-refractivity contribution in [1.29, 1.82) is 5.26 Å². The van der Waals surface area contributed by atoms with Gasteiger partial charge in [0.2, 0.25) is 0 Å². The van der Waals surface area contributed by atoms with Crippen molar-refractivity contribution in [3.63, 3.8) is 0 Å². The number of rotatable bonds is 2. The Labute approximate surface area is 102 Å². The summed E-state index contributed by atoms with van der Waals surface area (Å²) in [5.41, 5.74) is 1.17. The van der Waals surface area contributed by atoms with E-state index in [4.69, 9.17) is 5.26 Å². The Bertz CT molecular complexity index is 462. The fourth-order valence-corrected chi connectivity index (χ4v) is 2.42. The first kappa shape index (κ1) is 11.7. The third-order valence-electron chi connectivity index (χ3n) is 3.35. The summed E-state index contributed by atoms with van der Waals surface area (Å²) in [6.45, 7) is 2.95. The lowest BCUT2D eigenvalue weighted by Crippen LogP contribution is -2.35. The lowest BCUT2D eigenvalue weighted by molar-refractivity contribution is 0.0733. The molecule has 1 saturated heterocycles. The van der Waals surface area contributed by atoms with Gasteiger partial charge in [-0.25, -0.2) is 0 Å². The third kappa shape index (κ3) is 2.31. The monoisotopic (exact) mass is 228 g/mol. The minimum atomic E-state index is 0.0615. The summed E-state index contributed by atoms with van der Waals surface area (Å²) in [6.07, 6.45) is 3.19. The number of benzene rings is 1. The second kappa shape index (κ2) is 5.01. The fourth-order valence-electron chi connectivity index (χ4n) is 2.42. The highest BCUT2D eigenvalue weighted by Crippen LogP contribution is 2.22. The molecular weight excluding hydrogens is 212 g/mol. The quantitative estimate of drug-likeness (QED) is 0.780. The minimum Gasteiger partial charge on any atom is -0.336 e. The summed E-state index contributed by atoms with van der Waals surface area (Å²) in [7, 11) is 0. The number of nitriles is 1. The van der Waals surface area contributed by atoms with Crippen LogP contribution in [-0.4, -0.2) is 23.4 Å². The highest BCUT2D eigenvalue weighted by molar-refractivity contribution is 5.94. The summed E-state index contributed by atoms with van der Waals surface area (Å²) >= 11 is 0. The van der Waals surface area contributed by atoms with Crippen LogP contribution in [0.1, 0.15) is 42.1 Å². The van der Waals surface area contributed by atoms with Crippen molar-refractivity contribution in [3.8, 4) is 6.07 Å². The zero-order valence-electron chi connectivity index (χ0n) is 10.0. The molecule has 1 heterocycles. The molecule has 0 radical (unpaired) electrons. The van der Waals surface area contributed by atoms with E-state index >= 15 is 0 Å². The van der Waals surface area contributed by atoms with Crippen molar-refractivity contribution in [2.24, 2.45) is 0 Å². The topological polar surface area (TPSA) is 44.1 Å². The van der Waals surface area contributed by atoms with E-state index in [0.717, 1.165) is 25.8 Å². The van der Waals surface area contributed by atoms with Gasteiger partial charge in [-0.1, -0.05) is 13.0 Å². The number of hydrogen-bond donors (Lipinski definition) is 0.